The van der Waals surface area contributed by atoms with Crippen molar-refractivity contribution in [2.45, 2.75) is 33.6 Å². The molecule has 1 rings (SSSR count). The molecule has 0 saturated heterocycles. The molecule has 72 valence electrons. The number of aliphatic imine (C=N–C) groups is 1. The van der Waals surface area contributed by atoms with Gasteiger partial charge >= 0.3 is 0 Å². The first kappa shape index (κ1) is 10.0. The summed E-state index contributed by atoms with van der Waals surface area (Å²) in [6, 6.07) is 0. The van der Waals surface area contributed by atoms with Gasteiger partial charge in [-0.2, -0.15) is 0 Å². The van der Waals surface area contributed by atoms with Crippen LogP contribution in [0, 0.1) is 5.92 Å². The predicted octanol–water partition coefficient (Wildman–Crippen LogP) is 2.62. The summed E-state index contributed by atoms with van der Waals surface area (Å²) in [6.45, 7) is 6.46. The zero-order valence-corrected chi connectivity index (χ0v) is 8.67. The van der Waals surface area contributed by atoms with Crippen LogP contribution in [0.5, 0.6) is 0 Å². The van der Waals surface area contributed by atoms with E-state index >= 15 is 0 Å². The molecule has 0 unspecified atom stereocenters. The van der Waals surface area contributed by atoms with Gasteiger partial charge in [0.2, 0.25) is 0 Å². The summed E-state index contributed by atoms with van der Waals surface area (Å²) >= 11 is 0. The molecule has 0 atom stereocenters. The van der Waals surface area contributed by atoms with Crippen LogP contribution in [0.15, 0.2) is 28.0 Å². The molecular weight excluding hydrogens is 160 g/mol. The minimum Gasteiger partial charge on any atom is -0.384 e. The Bertz CT molecular complexity index is 270. The van der Waals surface area contributed by atoms with E-state index in [1.807, 2.05) is 6.21 Å². The molecule has 0 fully saturated rings. The highest BCUT2D eigenvalue weighted by Gasteiger charge is 2.06. The summed E-state index contributed by atoms with van der Waals surface area (Å²) in [6.07, 6.45) is 6.07. The normalized spacial score (nSPS) is 17.7. The van der Waals surface area contributed by atoms with Crippen LogP contribution < -0.4 is 5.73 Å². The molecule has 0 saturated carbocycles. The van der Waals surface area contributed by atoms with Gasteiger partial charge in [-0.25, -0.2) is 4.99 Å². The first-order valence-electron chi connectivity index (χ1n) is 4.86. The van der Waals surface area contributed by atoms with Crippen LogP contribution in [0.3, 0.4) is 0 Å². The highest BCUT2D eigenvalue weighted by Crippen LogP contribution is 2.18. The monoisotopic (exact) mass is 178 g/mol. The molecule has 2 N–H and O–H groups in total. The minimum absolute atomic E-state index is 0.535. The van der Waals surface area contributed by atoms with Crippen LogP contribution in [-0.2, 0) is 0 Å². The van der Waals surface area contributed by atoms with Crippen LogP contribution in [-0.4, -0.2) is 6.21 Å². The van der Waals surface area contributed by atoms with Crippen molar-refractivity contribution in [1.29, 1.82) is 0 Å². The van der Waals surface area contributed by atoms with E-state index < -0.39 is 0 Å². The number of allylic oxidation sites excluding steroid dienone is 3. The van der Waals surface area contributed by atoms with Gasteiger partial charge in [0.1, 0.15) is 5.82 Å². The van der Waals surface area contributed by atoms with E-state index in [-0.39, 0.29) is 0 Å². The summed E-state index contributed by atoms with van der Waals surface area (Å²) in [5.74, 6) is 1.24. The van der Waals surface area contributed by atoms with E-state index in [9.17, 15) is 0 Å². The van der Waals surface area contributed by atoms with Crippen LogP contribution in [0.25, 0.3) is 0 Å². The minimum atomic E-state index is 0.535. The quantitative estimate of drug-likeness (QED) is 0.693. The molecule has 13 heavy (non-hydrogen) atoms. The molecular formula is C11H18N2. The summed E-state index contributed by atoms with van der Waals surface area (Å²) in [5.41, 5.74) is 8.33. The van der Waals surface area contributed by atoms with E-state index in [0.717, 1.165) is 12.8 Å². The van der Waals surface area contributed by atoms with E-state index in [2.05, 4.69) is 31.8 Å². The van der Waals surface area contributed by atoms with Gasteiger partial charge in [-0.15, -0.1) is 0 Å². The maximum atomic E-state index is 5.80. The number of nitrogens with two attached hydrogens (primary N) is 1. The molecule has 0 amide bonds. The smallest absolute Gasteiger partial charge is 0.122 e. The van der Waals surface area contributed by atoms with Gasteiger partial charge in [-0.1, -0.05) is 26.8 Å². The van der Waals surface area contributed by atoms with Gasteiger partial charge in [0.15, 0.2) is 0 Å². The van der Waals surface area contributed by atoms with Gasteiger partial charge in [0.25, 0.3) is 0 Å². The summed E-state index contributed by atoms with van der Waals surface area (Å²) < 4.78 is 0. The predicted molar refractivity (Wildman–Crippen MR) is 57.5 cm³/mol. The summed E-state index contributed by atoms with van der Waals surface area (Å²) in [5, 5.41) is 0. The second-order valence-corrected chi connectivity index (χ2v) is 3.66. The average Bonchev–Trinajstić information content (AvgIpc) is 2.27. The number of hydrogen-bond acceptors (Lipinski definition) is 2. The topological polar surface area (TPSA) is 38.4 Å². The largest absolute Gasteiger partial charge is 0.384 e. The highest BCUT2D eigenvalue weighted by atomic mass is 14.9. The maximum absolute atomic E-state index is 5.80. The Morgan fingerprint density at radius 2 is 2.23 bits per heavy atom. The molecule has 1 heterocycles. The van der Waals surface area contributed by atoms with E-state index in [4.69, 9.17) is 5.73 Å². The van der Waals surface area contributed by atoms with E-state index in [1.165, 1.54) is 11.1 Å². The van der Waals surface area contributed by atoms with Crippen molar-refractivity contribution in [3.05, 3.63) is 23.0 Å². The Labute approximate surface area is 80.2 Å². The molecule has 0 aromatic rings. The molecule has 0 aromatic carbocycles. The third-order valence-electron chi connectivity index (χ3n) is 2.39. The van der Waals surface area contributed by atoms with Crippen molar-refractivity contribution in [3.8, 4) is 0 Å². The summed E-state index contributed by atoms with van der Waals surface area (Å²) in [7, 11) is 0. The van der Waals surface area contributed by atoms with Crippen LogP contribution in [0.1, 0.15) is 33.6 Å². The van der Waals surface area contributed by atoms with Crippen molar-refractivity contribution < 1.29 is 0 Å². The standard InChI is InChI=1S/C11H18N2/c1-4-9-5-6-10(8(2)3)7-13-11(9)12/h6-8H,4-5,12H2,1-3H3. The Kier molecular flexibility index (Phi) is 3.29. The lowest BCUT2D eigenvalue weighted by Crippen LogP contribution is -1.98. The molecule has 0 aromatic heterocycles. The summed E-state index contributed by atoms with van der Waals surface area (Å²) in [4.78, 5) is 4.24. The van der Waals surface area contributed by atoms with Crippen molar-refractivity contribution in [2.75, 3.05) is 0 Å². The van der Waals surface area contributed by atoms with Gasteiger partial charge in [0, 0.05) is 6.21 Å². The Morgan fingerprint density at radius 3 is 2.77 bits per heavy atom. The number of nitrogens with zero attached hydrogens (tertiary/aromatic N) is 1. The lowest BCUT2D eigenvalue weighted by molar-refractivity contribution is 0.801. The van der Waals surface area contributed by atoms with E-state index in [0.29, 0.717) is 11.7 Å². The first-order chi connectivity index (χ1) is 6.15. The van der Waals surface area contributed by atoms with Crippen molar-refractivity contribution in [1.82, 2.24) is 0 Å². The Hall–Kier alpha value is -1.05. The lowest BCUT2D eigenvalue weighted by atomic mass is 10.0. The molecule has 2 heteroatoms. The van der Waals surface area contributed by atoms with Gasteiger partial charge in [-0.3, -0.25) is 0 Å². The Morgan fingerprint density at radius 1 is 1.54 bits per heavy atom. The first-order valence-corrected chi connectivity index (χ1v) is 4.86. The second kappa shape index (κ2) is 4.26. The second-order valence-electron chi connectivity index (χ2n) is 3.66. The van der Waals surface area contributed by atoms with Gasteiger partial charge < -0.3 is 5.73 Å². The molecule has 0 bridgehead atoms. The van der Waals surface area contributed by atoms with Crippen molar-refractivity contribution in [2.24, 2.45) is 16.6 Å². The molecule has 1 aliphatic rings. The van der Waals surface area contributed by atoms with Gasteiger partial charge in [-0.05, 0) is 29.9 Å². The molecule has 2 nitrogen and oxygen atoms in total. The maximum Gasteiger partial charge on any atom is 0.122 e. The third kappa shape index (κ3) is 2.44. The highest BCUT2D eigenvalue weighted by molar-refractivity contribution is 5.80. The average molecular weight is 178 g/mol. The fraction of sp³-hybridized carbons (Fsp3) is 0.545. The fourth-order valence-corrected chi connectivity index (χ4v) is 1.34. The zero-order valence-electron chi connectivity index (χ0n) is 8.67. The van der Waals surface area contributed by atoms with Crippen molar-refractivity contribution >= 4 is 6.21 Å². The Balaban J connectivity index is 2.85. The fourth-order valence-electron chi connectivity index (χ4n) is 1.34. The van der Waals surface area contributed by atoms with E-state index in [1.54, 1.807) is 0 Å². The number of rotatable bonds is 2. The van der Waals surface area contributed by atoms with Crippen LogP contribution in [0.2, 0.25) is 0 Å². The third-order valence-corrected chi connectivity index (χ3v) is 2.39. The lowest BCUT2D eigenvalue weighted by Gasteiger charge is -2.03. The molecule has 0 spiro atoms. The zero-order chi connectivity index (χ0) is 9.84. The van der Waals surface area contributed by atoms with Crippen molar-refractivity contribution in [3.63, 3.8) is 0 Å². The molecule has 1 aliphatic heterocycles. The van der Waals surface area contributed by atoms with Gasteiger partial charge in [0.05, 0.1) is 0 Å². The molecule has 0 radical (unpaired) electrons. The van der Waals surface area contributed by atoms with Crippen LogP contribution >= 0.6 is 0 Å². The molecule has 0 aliphatic carbocycles. The SMILES string of the molecule is CCC1=C(N)N=CC(C(C)C)=CC1. The van der Waals surface area contributed by atoms with Crippen LogP contribution in [0.4, 0.5) is 0 Å². The number of hydrogen-bond donors (Lipinski definition) is 1.